The number of nitro benzene ring substituents is 1. The van der Waals surface area contributed by atoms with Crippen LogP contribution in [0.2, 0.25) is 0 Å². The van der Waals surface area contributed by atoms with Crippen LogP contribution in [0.1, 0.15) is 24.2 Å². The monoisotopic (exact) mass is 321 g/mol. The van der Waals surface area contributed by atoms with Crippen molar-refractivity contribution in [1.82, 2.24) is 10.2 Å². The lowest BCUT2D eigenvalue weighted by Crippen LogP contribution is -2.48. The average Bonchev–Trinajstić information content (AvgIpc) is 2.52. The molecular formula is C16H23N3O4. The fraction of sp³-hybridized carbons (Fsp3) is 0.562. The molecule has 1 unspecified atom stereocenters. The van der Waals surface area contributed by atoms with Crippen LogP contribution >= 0.6 is 0 Å². The molecule has 0 aromatic heterocycles. The van der Waals surface area contributed by atoms with E-state index >= 15 is 0 Å². The van der Waals surface area contributed by atoms with E-state index in [1.807, 2.05) is 0 Å². The number of amides is 1. The SMILES string of the molecule is CC(C)CN1CCOC(CNC(=O)c2cccc([N+](=O)[O-])c2)C1. The molecule has 1 aliphatic rings. The highest BCUT2D eigenvalue weighted by Crippen LogP contribution is 2.13. The highest BCUT2D eigenvalue weighted by Gasteiger charge is 2.21. The maximum Gasteiger partial charge on any atom is 0.270 e. The molecular weight excluding hydrogens is 298 g/mol. The Hall–Kier alpha value is -1.99. The van der Waals surface area contributed by atoms with Gasteiger partial charge in [-0.3, -0.25) is 19.8 Å². The Morgan fingerprint density at radius 3 is 3.00 bits per heavy atom. The second kappa shape index (κ2) is 8.03. The quantitative estimate of drug-likeness (QED) is 0.636. The molecule has 0 saturated carbocycles. The summed E-state index contributed by atoms with van der Waals surface area (Å²) in [6, 6.07) is 5.72. The van der Waals surface area contributed by atoms with Gasteiger partial charge in [-0.15, -0.1) is 0 Å². The summed E-state index contributed by atoms with van der Waals surface area (Å²) in [6.07, 6.45) is -0.0508. The van der Waals surface area contributed by atoms with Crippen LogP contribution < -0.4 is 5.32 Å². The number of non-ortho nitro benzene ring substituents is 1. The van der Waals surface area contributed by atoms with Gasteiger partial charge in [-0.05, 0) is 12.0 Å². The molecule has 1 aromatic carbocycles. The van der Waals surface area contributed by atoms with Crippen LogP contribution in [0.3, 0.4) is 0 Å². The third-order valence-electron chi connectivity index (χ3n) is 3.66. The molecule has 0 bridgehead atoms. The normalized spacial score (nSPS) is 18.8. The molecule has 1 aromatic rings. The van der Waals surface area contributed by atoms with Crippen LogP contribution in [0, 0.1) is 16.0 Å². The highest BCUT2D eigenvalue weighted by molar-refractivity contribution is 5.94. The van der Waals surface area contributed by atoms with Crippen molar-refractivity contribution in [2.75, 3.05) is 32.8 Å². The van der Waals surface area contributed by atoms with Crippen LogP contribution in [0.5, 0.6) is 0 Å². The Labute approximate surface area is 135 Å². The smallest absolute Gasteiger partial charge is 0.270 e. The second-order valence-electron chi connectivity index (χ2n) is 6.16. The number of benzene rings is 1. The van der Waals surface area contributed by atoms with E-state index in [4.69, 9.17) is 4.74 Å². The number of ether oxygens (including phenoxy) is 1. The predicted octanol–water partition coefficient (Wildman–Crippen LogP) is 1.68. The standard InChI is InChI=1S/C16H23N3O4/c1-12(2)10-18-6-7-23-15(11-18)9-17-16(20)13-4-3-5-14(8-13)19(21)22/h3-5,8,12,15H,6-7,9-11H2,1-2H3,(H,17,20). The topological polar surface area (TPSA) is 84.7 Å². The lowest BCUT2D eigenvalue weighted by molar-refractivity contribution is -0.384. The molecule has 1 saturated heterocycles. The first-order valence-corrected chi connectivity index (χ1v) is 7.82. The number of rotatable bonds is 6. The van der Waals surface area contributed by atoms with Crippen molar-refractivity contribution in [3.05, 3.63) is 39.9 Å². The van der Waals surface area contributed by atoms with Crippen molar-refractivity contribution >= 4 is 11.6 Å². The third-order valence-corrected chi connectivity index (χ3v) is 3.66. The molecule has 1 heterocycles. The number of hydrogen-bond acceptors (Lipinski definition) is 5. The second-order valence-corrected chi connectivity index (χ2v) is 6.16. The molecule has 2 rings (SSSR count). The van der Waals surface area contributed by atoms with Gasteiger partial charge >= 0.3 is 0 Å². The highest BCUT2D eigenvalue weighted by atomic mass is 16.6. The Kier molecular flexibility index (Phi) is 6.06. The molecule has 1 aliphatic heterocycles. The summed E-state index contributed by atoms with van der Waals surface area (Å²) in [6.45, 7) is 8.11. The molecule has 1 amide bonds. The molecule has 7 nitrogen and oxygen atoms in total. The van der Waals surface area contributed by atoms with E-state index in [-0.39, 0.29) is 23.3 Å². The fourth-order valence-corrected chi connectivity index (χ4v) is 2.66. The first kappa shape index (κ1) is 17.4. The fourth-order valence-electron chi connectivity index (χ4n) is 2.66. The molecule has 1 N–H and O–H groups in total. The molecule has 7 heteroatoms. The summed E-state index contributed by atoms with van der Waals surface area (Å²) >= 11 is 0. The minimum atomic E-state index is -0.509. The number of nitrogens with one attached hydrogen (secondary N) is 1. The molecule has 1 fully saturated rings. The van der Waals surface area contributed by atoms with Crippen LogP contribution in [-0.2, 0) is 4.74 Å². The Balaban J connectivity index is 1.86. The van der Waals surface area contributed by atoms with Gasteiger partial charge in [-0.2, -0.15) is 0 Å². The maximum absolute atomic E-state index is 12.1. The number of carbonyl (C=O) groups excluding carboxylic acids is 1. The zero-order chi connectivity index (χ0) is 16.8. The molecule has 126 valence electrons. The number of carbonyl (C=O) groups is 1. The molecule has 0 aliphatic carbocycles. The Morgan fingerprint density at radius 1 is 1.52 bits per heavy atom. The summed E-state index contributed by atoms with van der Waals surface area (Å²) in [5.41, 5.74) is 0.198. The Morgan fingerprint density at radius 2 is 2.30 bits per heavy atom. The average molecular weight is 321 g/mol. The van der Waals surface area contributed by atoms with Crippen LogP contribution in [0.15, 0.2) is 24.3 Å². The van der Waals surface area contributed by atoms with E-state index in [2.05, 4.69) is 24.1 Å². The zero-order valence-electron chi connectivity index (χ0n) is 13.5. The van der Waals surface area contributed by atoms with Crippen LogP contribution in [-0.4, -0.2) is 54.6 Å². The number of hydrogen-bond donors (Lipinski definition) is 1. The van der Waals surface area contributed by atoms with Crippen molar-refractivity contribution < 1.29 is 14.5 Å². The van der Waals surface area contributed by atoms with Gasteiger partial charge in [0.25, 0.3) is 11.6 Å². The summed E-state index contributed by atoms with van der Waals surface area (Å²) in [7, 11) is 0. The summed E-state index contributed by atoms with van der Waals surface area (Å²) in [5.74, 6) is 0.270. The largest absolute Gasteiger partial charge is 0.374 e. The van der Waals surface area contributed by atoms with Gasteiger partial charge in [0.1, 0.15) is 0 Å². The van der Waals surface area contributed by atoms with E-state index < -0.39 is 4.92 Å². The van der Waals surface area contributed by atoms with Gasteiger partial charge in [-0.1, -0.05) is 19.9 Å². The van der Waals surface area contributed by atoms with Gasteiger partial charge in [0.2, 0.25) is 0 Å². The van der Waals surface area contributed by atoms with Gasteiger partial charge < -0.3 is 10.1 Å². The molecule has 23 heavy (non-hydrogen) atoms. The lowest BCUT2D eigenvalue weighted by Gasteiger charge is -2.33. The lowest BCUT2D eigenvalue weighted by atomic mass is 10.1. The first-order chi connectivity index (χ1) is 11.0. The van der Waals surface area contributed by atoms with Crippen molar-refractivity contribution in [1.29, 1.82) is 0 Å². The summed E-state index contributed by atoms with van der Waals surface area (Å²) < 4.78 is 5.67. The van der Waals surface area contributed by atoms with Crippen molar-refractivity contribution in [2.24, 2.45) is 5.92 Å². The van der Waals surface area contributed by atoms with Gasteiger partial charge in [0.15, 0.2) is 0 Å². The zero-order valence-corrected chi connectivity index (χ0v) is 13.5. The number of nitro groups is 1. The van der Waals surface area contributed by atoms with Gasteiger partial charge in [0, 0.05) is 43.9 Å². The summed E-state index contributed by atoms with van der Waals surface area (Å²) in [5, 5.41) is 13.5. The summed E-state index contributed by atoms with van der Waals surface area (Å²) in [4.78, 5) is 24.7. The van der Waals surface area contributed by atoms with Crippen LogP contribution in [0.25, 0.3) is 0 Å². The number of nitrogens with zero attached hydrogens (tertiary/aromatic N) is 2. The maximum atomic E-state index is 12.1. The van der Waals surface area contributed by atoms with E-state index in [1.54, 1.807) is 6.07 Å². The number of morpholine rings is 1. The van der Waals surface area contributed by atoms with Crippen molar-refractivity contribution in [3.8, 4) is 0 Å². The van der Waals surface area contributed by atoms with Crippen LogP contribution in [0.4, 0.5) is 5.69 Å². The van der Waals surface area contributed by atoms with Crippen molar-refractivity contribution in [2.45, 2.75) is 20.0 Å². The first-order valence-electron chi connectivity index (χ1n) is 7.82. The molecule has 0 spiro atoms. The van der Waals surface area contributed by atoms with Crippen molar-refractivity contribution in [3.63, 3.8) is 0 Å². The van der Waals surface area contributed by atoms with E-state index in [0.29, 0.717) is 19.1 Å². The minimum Gasteiger partial charge on any atom is -0.374 e. The van der Waals surface area contributed by atoms with E-state index in [1.165, 1.54) is 18.2 Å². The predicted molar refractivity (Wildman–Crippen MR) is 86.4 cm³/mol. The van der Waals surface area contributed by atoms with Gasteiger partial charge in [0.05, 0.1) is 17.6 Å². The molecule has 1 atom stereocenters. The Bertz CT molecular complexity index is 562. The van der Waals surface area contributed by atoms with Gasteiger partial charge in [-0.25, -0.2) is 0 Å². The van der Waals surface area contributed by atoms with E-state index in [9.17, 15) is 14.9 Å². The molecule has 0 radical (unpaired) electrons. The minimum absolute atomic E-state index is 0.0508. The van der Waals surface area contributed by atoms with E-state index in [0.717, 1.165) is 19.6 Å². The third kappa shape index (κ3) is 5.30.